The van der Waals surface area contributed by atoms with Gasteiger partial charge in [-0.3, -0.25) is 4.79 Å². The molecule has 1 amide bonds. The van der Waals surface area contributed by atoms with E-state index in [4.69, 9.17) is 4.74 Å². The molecule has 1 aromatic rings. The normalized spacial score (nSPS) is 23.6. The van der Waals surface area contributed by atoms with Crippen molar-refractivity contribution in [3.63, 3.8) is 0 Å². The van der Waals surface area contributed by atoms with E-state index < -0.39 is 0 Å². The van der Waals surface area contributed by atoms with Gasteiger partial charge < -0.3 is 15.4 Å². The van der Waals surface area contributed by atoms with E-state index in [1.807, 2.05) is 24.3 Å². The minimum Gasteiger partial charge on any atom is -0.492 e. The van der Waals surface area contributed by atoms with E-state index in [2.05, 4.69) is 10.6 Å². The number of nitrogens with one attached hydrogen (secondary N) is 2. The molecule has 0 radical (unpaired) electrons. The fourth-order valence-electron chi connectivity index (χ4n) is 3.00. The Hall–Kier alpha value is -1.26. The fourth-order valence-corrected chi connectivity index (χ4v) is 3.00. The first-order valence-electron chi connectivity index (χ1n) is 7.52. The number of halogens is 1. The monoisotopic (exact) mass is 310 g/mol. The maximum Gasteiger partial charge on any atom is 0.226 e. The van der Waals surface area contributed by atoms with Crippen LogP contribution >= 0.6 is 12.4 Å². The average molecular weight is 311 g/mol. The highest BCUT2D eigenvalue weighted by atomic mass is 35.5. The van der Waals surface area contributed by atoms with Crippen molar-refractivity contribution in [1.82, 2.24) is 10.6 Å². The summed E-state index contributed by atoms with van der Waals surface area (Å²) in [6, 6.07) is 7.97. The molecule has 5 heteroatoms. The first-order valence-corrected chi connectivity index (χ1v) is 7.52. The van der Waals surface area contributed by atoms with Gasteiger partial charge in [-0.15, -0.1) is 12.4 Å². The number of carbonyl (C=O) groups is 1. The molecule has 2 atom stereocenters. The summed E-state index contributed by atoms with van der Waals surface area (Å²) in [7, 11) is 0. The van der Waals surface area contributed by atoms with Gasteiger partial charge in [-0.2, -0.15) is 0 Å². The van der Waals surface area contributed by atoms with Gasteiger partial charge in [-0.25, -0.2) is 0 Å². The summed E-state index contributed by atoms with van der Waals surface area (Å²) < 4.78 is 5.67. The van der Waals surface area contributed by atoms with Crippen molar-refractivity contribution in [2.45, 2.75) is 19.3 Å². The van der Waals surface area contributed by atoms with Crippen LogP contribution in [0.5, 0.6) is 5.75 Å². The summed E-state index contributed by atoms with van der Waals surface area (Å²) in [6.07, 6.45) is 3.09. The first-order chi connectivity index (χ1) is 9.83. The summed E-state index contributed by atoms with van der Waals surface area (Å²) in [5.74, 6) is 1.73. The first kappa shape index (κ1) is 16.1. The van der Waals surface area contributed by atoms with Gasteiger partial charge in [-0.05, 0) is 49.9 Å². The molecule has 0 aromatic heterocycles. The van der Waals surface area contributed by atoms with Gasteiger partial charge in [0.2, 0.25) is 5.91 Å². The van der Waals surface area contributed by atoms with E-state index in [1.54, 1.807) is 0 Å². The lowest BCUT2D eigenvalue weighted by atomic mass is 9.96. The van der Waals surface area contributed by atoms with Crippen molar-refractivity contribution in [2.24, 2.45) is 11.8 Å². The highest BCUT2D eigenvalue weighted by Crippen LogP contribution is 2.26. The molecule has 116 valence electrons. The smallest absolute Gasteiger partial charge is 0.226 e. The minimum atomic E-state index is -0.0494. The Morgan fingerprint density at radius 1 is 1.38 bits per heavy atom. The van der Waals surface area contributed by atoms with Crippen molar-refractivity contribution < 1.29 is 9.53 Å². The van der Waals surface area contributed by atoms with E-state index in [1.165, 1.54) is 6.42 Å². The second kappa shape index (κ2) is 7.66. The molecule has 0 saturated carbocycles. The third-order valence-corrected chi connectivity index (χ3v) is 4.26. The van der Waals surface area contributed by atoms with Crippen molar-refractivity contribution >= 4 is 18.3 Å². The molecular formula is C16H23ClN2O2. The summed E-state index contributed by atoms with van der Waals surface area (Å²) in [6.45, 7) is 3.48. The van der Waals surface area contributed by atoms with Crippen LogP contribution in [0.1, 0.15) is 18.4 Å². The van der Waals surface area contributed by atoms with Crippen LogP contribution in [0.4, 0.5) is 0 Å². The molecule has 2 aliphatic rings. The maximum atomic E-state index is 12.2. The number of para-hydroxylation sites is 1. The molecule has 0 bridgehead atoms. The van der Waals surface area contributed by atoms with Crippen molar-refractivity contribution in [1.29, 1.82) is 0 Å². The Kier molecular flexibility index (Phi) is 5.88. The quantitative estimate of drug-likeness (QED) is 0.891. The molecule has 0 aliphatic carbocycles. The van der Waals surface area contributed by atoms with Crippen LogP contribution in [-0.2, 0) is 11.2 Å². The van der Waals surface area contributed by atoms with E-state index in [9.17, 15) is 4.79 Å². The summed E-state index contributed by atoms with van der Waals surface area (Å²) >= 11 is 0. The van der Waals surface area contributed by atoms with Gasteiger partial charge in [0.15, 0.2) is 0 Å². The van der Waals surface area contributed by atoms with Crippen molar-refractivity contribution in [3.05, 3.63) is 29.8 Å². The third-order valence-electron chi connectivity index (χ3n) is 4.26. The number of hydrogen-bond donors (Lipinski definition) is 2. The number of ether oxygens (including phenoxy) is 1. The van der Waals surface area contributed by atoms with Crippen LogP contribution in [0, 0.1) is 11.8 Å². The fraction of sp³-hybridized carbons (Fsp3) is 0.562. The van der Waals surface area contributed by atoms with E-state index in [-0.39, 0.29) is 24.2 Å². The van der Waals surface area contributed by atoms with Crippen LogP contribution in [0.3, 0.4) is 0 Å². The summed E-state index contributed by atoms with van der Waals surface area (Å²) in [5.41, 5.74) is 1.14. The molecule has 1 aromatic carbocycles. The molecule has 1 saturated heterocycles. The lowest BCUT2D eigenvalue weighted by Crippen LogP contribution is -2.38. The Morgan fingerprint density at radius 3 is 3.05 bits per heavy atom. The van der Waals surface area contributed by atoms with Gasteiger partial charge in [-0.1, -0.05) is 18.2 Å². The summed E-state index contributed by atoms with van der Waals surface area (Å²) in [5, 5.41) is 6.42. The number of benzene rings is 1. The lowest BCUT2D eigenvalue weighted by molar-refractivity contribution is -0.126. The predicted molar refractivity (Wildman–Crippen MR) is 85.0 cm³/mol. The topological polar surface area (TPSA) is 50.4 Å². The van der Waals surface area contributed by atoms with E-state index >= 15 is 0 Å². The molecule has 2 unspecified atom stereocenters. The standard InChI is InChI=1S/C16H22N2O2.ClH/c19-16(18-8-6-12-5-7-17-10-12)14-9-13-3-1-2-4-15(13)20-11-14;/h1-4,12,14,17H,5-11H2,(H,18,19);1H. The zero-order valence-corrected chi connectivity index (χ0v) is 13.0. The highest BCUT2D eigenvalue weighted by molar-refractivity contribution is 5.85. The molecule has 0 spiro atoms. The van der Waals surface area contributed by atoms with Gasteiger partial charge in [0.05, 0.1) is 5.92 Å². The predicted octanol–water partition coefficient (Wildman–Crippen LogP) is 1.78. The van der Waals surface area contributed by atoms with Gasteiger partial charge >= 0.3 is 0 Å². The van der Waals surface area contributed by atoms with Crippen LogP contribution in [0.25, 0.3) is 0 Å². The number of fused-ring (bicyclic) bond motifs is 1. The van der Waals surface area contributed by atoms with Gasteiger partial charge in [0.25, 0.3) is 0 Å². The van der Waals surface area contributed by atoms with E-state index in [0.717, 1.165) is 49.7 Å². The third kappa shape index (κ3) is 4.11. The molecule has 2 aliphatic heterocycles. The molecule has 4 nitrogen and oxygen atoms in total. The Balaban J connectivity index is 0.00000161. The molecular weight excluding hydrogens is 288 g/mol. The Labute approximate surface area is 132 Å². The van der Waals surface area contributed by atoms with Crippen LogP contribution in [0.15, 0.2) is 24.3 Å². The SMILES string of the molecule is Cl.O=C(NCCC1CCNC1)C1COc2ccccc2C1. The lowest BCUT2D eigenvalue weighted by Gasteiger charge is -2.24. The largest absolute Gasteiger partial charge is 0.492 e. The molecule has 3 rings (SSSR count). The molecule has 21 heavy (non-hydrogen) atoms. The van der Waals surface area contributed by atoms with Crippen molar-refractivity contribution in [3.8, 4) is 5.75 Å². The second-order valence-corrected chi connectivity index (χ2v) is 5.76. The van der Waals surface area contributed by atoms with Gasteiger partial charge in [0.1, 0.15) is 12.4 Å². The molecule has 1 fully saturated rings. The van der Waals surface area contributed by atoms with Crippen molar-refractivity contribution in [2.75, 3.05) is 26.2 Å². The number of rotatable bonds is 4. The van der Waals surface area contributed by atoms with Crippen LogP contribution in [-0.4, -0.2) is 32.1 Å². The van der Waals surface area contributed by atoms with Gasteiger partial charge in [0, 0.05) is 6.54 Å². The van der Waals surface area contributed by atoms with Crippen LogP contribution in [0.2, 0.25) is 0 Å². The average Bonchev–Trinajstić information content (AvgIpc) is 3.00. The highest BCUT2D eigenvalue weighted by Gasteiger charge is 2.25. The summed E-state index contributed by atoms with van der Waals surface area (Å²) in [4.78, 5) is 12.2. The number of hydrogen-bond acceptors (Lipinski definition) is 3. The zero-order valence-electron chi connectivity index (χ0n) is 12.1. The van der Waals surface area contributed by atoms with E-state index in [0.29, 0.717) is 6.61 Å². The Bertz CT molecular complexity index is 475. The van der Waals surface area contributed by atoms with Crippen LogP contribution < -0.4 is 15.4 Å². The zero-order chi connectivity index (χ0) is 13.8. The molecule has 2 N–H and O–H groups in total. The molecule has 2 heterocycles. The Morgan fingerprint density at radius 2 is 2.24 bits per heavy atom. The second-order valence-electron chi connectivity index (χ2n) is 5.76. The number of amides is 1. The maximum absolute atomic E-state index is 12.2. The minimum absolute atomic E-state index is 0. The number of carbonyl (C=O) groups excluding carboxylic acids is 1.